The second-order valence-electron chi connectivity index (χ2n) is 14.1. The molecule has 0 aromatic rings. The van der Waals surface area contributed by atoms with Crippen molar-refractivity contribution >= 4 is 11.8 Å². The molecule has 5 rings (SSSR count). The van der Waals surface area contributed by atoms with E-state index in [0.29, 0.717) is 11.5 Å². The number of fused-ring (bicyclic) bond motifs is 7. The van der Waals surface area contributed by atoms with Crippen LogP contribution >= 0.6 is 0 Å². The van der Waals surface area contributed by atoms with Crippen LogP contribution in [-0.2, 0) is 4.79 Å². The normalized spacial score (nSPS) is 43.0. The summed E-state index contributed by atoms with van der Waals surface area (Å²) in [5.41, 5.74) is 9.92. The Kier molecular flexibility index (Phi) is 6.15. The minimum absolute atomic E-state index is 0.0259. The van der Waals surface area contributed by atoms with E-state index in [0.717, 1.165) is 49.7 Å². The summed E-state index contributed by atoms with van der Waals surface area (Å²) in [7, 11) is 0. The van der Waals surface area contributed by atoms with Gasteiger partial charge in [0, 0.05) is 17.0 Å². The predicted octanol–water partition coefficient (Wildman–Crippen LogP) is 5.98. The molecule has 3 saturated carbocycles. The number of rotatable bonds is 3. The van der Waals surface area contributed by atoms with Crippen LogP contribution in [0.1, 0.15) is 87.0 Å². The smallest absolute Gasteiger partial charge is 0.315 e. The van der Waals surface area contributed by atoms with Crippen molar-refractivity contribution in [3.63, 3.8) is 0 Å². The molecule has 6 heteroatoms. The van der Waals surface area contributed by atoms with Crippen LogP contribution in [0.3, 0.4) is 0 Å². The van der Waals surface area contributed by atoms with E-state index < -0.39 is 6.03 Å². The summed E-state index contributed by atoms with van der Waals surface area (Å²) in [6, 6.07) is -0.707. The standard InChI is InChI=1S/C32H46N2O4/c1-18-14-26-29(4,16-23(18)34(28(33)38)19(2)17-35)10-12-31(6)25-9-8-21-20(3)27(37)24(36)15-22(21)30(25,5)11-13-32(26,31)7/h8-9,15,18-19,23,26,35,37H,10-14,16-17H2,1-7H3,(H2,33,38)/t18-,19?,23?,26-,29+,30+,31-,32+/m1/s1. The van der Waals surface area contributed by atoms with Crippen molar-refractivity contribution in [3.8, 4) is 0 Å². The molecule has 5 aliphatic carbocycles. The number of amides is 2. The summed E-state index contributed by atoms with van der Waals surface area (Å²) in [6.07, 6.45) is 12.2. The average molecular weight is 523 g/mol. The summed E-state index contributed by atoms with van der Waals surface area (Å²) in [4.78, 5) is 26.9. The van der Waals surface area contributed by atoms with Crippen LogP contribution in [0.4, 0.5) is 4.79 Å². The minimum Gasteiger partial charge on any atom is -0.504 e. The molecule has 2 amide bonds. The van der Waals surface area contributed by atoms with Crippen molar-refractivity contribution in [1.82, 2.24) is 4.90 Å². The summed E-state index contributed by atoms with van der Waals surface area (Å²) in [5, 5.41) is 20.2. The molecule has 0 spiro atoms. The molecule has 0 aliphatic heterocycles. The van der Waals surface area contributed by atoms with Gasteiger partial charge in [0.05, 0.1) is 12.6 Å². The molecule has 5 aliphatic rings. The van der Waals surface area contributed by atoms with Crippen LogP contribution in [-0.4, -0.2) is 45.6 Å². The van der Waals surface area contributed by atoms with Crippen LogP contribution in [0.2, 0.25) is 0 Å². The number of primary amides is 1. The van der Waals surface area contributed by atoms with Crippen molar-refractivity contribution < 1.29 is 19.8 Å². The van der Waals surface area contributed by atoms with E-state index in [2.05, 4.69) is 46.8 Å². The van der Waals surface area contributed by atoms with Gasteiger partial charge in [-0.25, -0.2) is 4.79 Å². The molecule has 6 nitrogen and oxygen atoms in total. The first-order chi connectivity index (χ1) is 17.6. The van der Waals surface area contributed by atoms with Gasteiger partial charge in [-0.1, -0.05) is 52.3 Å². The highest BCUT2D eigenvalue weighted by Crippen LogP contribution is 2.75. The van der Waals surface area contributed by atoms with Crippen molar-refractivity contribution in [3.05, 3.63) is 46.3 Å². The molecule has 3 fully saturated rings. The van der Waals surface area contributed by atoms with Gasteiger partial charge in [0.25, 0.3) is 0 Å². The van der Waals surface area contributed by atoms with Gasteiger partial charge in [0.15, 0.2) is 5.76 Å². The van der Waals surface area contributed by atoms with Gasteiger partial charge in [-0.15, -0.1) is 0 Å². The van der Waals surface area contributed by atoms with Crippen LogP contribution in [0.5, 0.6) is 0 Å². The maximum Gasteiger partial charge on any atom is 0.315 e. The van der Waals surface area contributed by atoms with E-state index in [1.165, 1.54) is 5.57 Å². The quantitative estimate of drug-likeness (QED) is 0.424. The third-order valence-corrected chi connectivity index (χ3v) is 12.3. The SMILES string of the molecule is CC1=C(O)C(=O)C=C2C1=CC=C1[C@@]2(C)CC[C@@]2(C)[C@@H]3C[C@@H](C)C(N(C(N)=O)C(C)CO)C[C@]3(C)CC[C@]12C. The van der Waals surface area contributed by atoms with Crippen molar-refractivity contribution in [1.29, 1.82) is 0 Å². The van der Waals surface area contributed by atoms with Crippen LogP contribution in [0, 0.1) is 33.5 Å². The number of carbonyl (C=O) groups excluding carboxylic acids is 2. The molecule has 0 aromatic heterocycles. The highest BCUT2D eigenvalue weighted by atomic mass is 16.3. The lowest BCUT2D eigenvalue weighted by Gasteiger charge is -2.70. The molecule has 0 bridgehead atoms. The molecule has 2 unspecified atom stereocenters. The third kappa shape index (κ3) is 3.41. The summed E-state index contributed by atoms with van der Waals surface area (Å²) in [5.74, 6) is 0.355. The van der Waals surface area contributed by atoms with Gasteiger partial charge in [-0.3, -0.25) is 4.79 Å². The maximum atomic E-state index is 12.7. The van der Waals surface area contributed by atoms with E-state index in [1.807, 2.05) is 13.8 Å². The Morgan fingerprint density at radius 3 is 2.47 bits per heavy atom. The molecule has 0 radical (unpaired) electrons. The first kappa shape index (κ1) is 27.2. The van der Waals surface area contributed by atoms with Crippen LogP contribution in [0.15, 0.2) is 46.3 Å². The largest absolute Gasteiger partial charge is 0.504 e. The molecule has 38 heavy (non-hydrogen) atoms. The first-order valence-electron chi connectivity index (χ1n) is 14.4. The van der Waals surface area contributed by atoms with Crippen molar-refractivity contribution in [2.75, 3.05) is 6.61 Å². The number of hydrogen-bond acceptors (Lipinski definition) is 4. The molecule has 0 heterocycles. The first-order valence-corrected chi connectivity index (χ1v) is 14.4. The van der Waals surface area contributed by atoms with E-state index >= 15 is 0 Å². The molecule has 0 saturated heterocycles. The summed E-state index contributed by atoms with van der Waals surface area (Å²) >= 11 is 0. The Morgan fingerprint density at radius 2 is 1.84 bits per heavy atom. The number of nitrogens with zero attached hydrogens (tertiary/aromatic N) is 1. The second kappa shape index (κ2) is 8.58. The average Bonchev–Trinajstić information content (AvgIpc) is 2.85. The van der Waals surface area contributed by atoms with Gasteiger partial charge in [0.2, 0.25) is 5.78 Å². The zero-order chi connectivity index (χ0) is 28.0. The molecular weight excluding hydrogens is 476 g/mol. The van der Waals surface area contributed by atoms with Gasteiger partial charge in [-0.05, 0) is 97.7 Å². The van der Waals surface area contributed by atoms with E-state index in [-0.39, 0.29) is 57.8 Å². The van der Waals surface area contributed by atoms with E-state index in [1.54, 1.807) is 11.0 Å². The van der Waals surface area contributed by atoms with Gasteiger partial charge in [0.1, 0.15) is 0 Å². The fourth-order valence-corrected chi connectivity index (χ4v) is 9.74. The number of aliphatic hydroxyl groups is 2. The zero-order valence-electron chi connectivity index (χ0n) is 24.2. The monoisotopic (exact) mass is 522 g/mol. The highest BCUT2D eigenvalue weighted by Gasteiger charge is 2.66. The molecular formula is C32H46N2O4. The number of aliphatic hydroxyl groups excluding tert-OH is 2. The van der Waals surface area contributed by atoms with Gasteiger partial charge in [-0.2, -0.15) is 0 Å². The third-order valence-electron chi connectivity index (χ3n) is 12.3. The minimum atomic E-state index is -0.439. The number of urea groups is 1. The lowest BCUT2D eigenvalue weighted by molar-refractivity contribution is -0.161. The van der Waals surface area contributed by atoms with Gasteiger partial charge < -0.3 is 20.8 Å². The van der Waals surface area contributed by atoms with E-state index in [4.69, 9.17) is 5.73 Å². The lowest BCUT2D eigenvalue weighted by Crippen LogP contribution is -2.64. The zero-order valence-corrected chi connectivity index (χ0v) is 24.2. The Labute approximate surface area is 227 Å². The highest BCUT2D eigenvalue weighted by molar-refractivity contribution is 6.06. The Bertz CT molecular complexity index is 1210. The molecule has 4 N–H and O–H groups in total. The molecule has 0 aromatic carbocycles. The maximum absolute atomic E-state index is 12.7. The Morgan fingerprint density at radius 1 is 1.16 bits per heavy atom. The molecule has 8 atom stereocenters. The van der Waals surface area contributed by atoms with Crippen LogP contribution in [0.25, 0.3) is 0 Å². The Balaban J connectivity index is 1.55. The van der Waals surface area contributed by atoms with E-state index in [9.17, 15) is 19.8 Å². The number of hydrogen-bond donors (Lipinski definition) is 3. The fourth-order valence-electron chi connectivity index (χ4n) is 9.74. The number of nitrogens with two attached hydrogens (primary N) is 1. The second-order valence-corrected chi connectivity index (χ2v) is 14.1. The summed E-state index contributed by atoms with van der Waals surface area (Å²) in [6.45, 7) is 15.6. The topological polar surface area (TPSA) is 104 Å². The van der Waals surface area contributed by atoms with Crippen molar-refractivity contribution in [2.24, 2.45) is 39.2 Å². The number of carbonyl (C=O) groups is 2. The Hall–Kier alpha value is -2.34. The number of ketones is 1. The lowest BCUT2D eigenvalue weighted by atomic mass is 9.35. The molecule has 208 valence electrons. The number of allylic oxidation sites excluding steroid dienone is 7. The fraction of sp³-hybridized carbons (Fsp3) is 0.688. The van der Waals surface area contributed by atoms with Gasteiger partial charge >= 0.3 is 6.03 Å². The summed E-state index contributed by atoms with van der Waals surface area (Å²) < 4.78 is 0. The van der Waals surface area contributed by atoms with Crippen molar-refractivity contribution in [2.45, 2.75) is 99.1 Å². The van der Waals surface area contributed by atoms with Crippen LogP contribution < -0.4 is 5.73 Å². The predicted molar refractivity (Wildman–Crippen MR) is 149 cm³/mol.